The highest BCUT2D eigenvalue weighted by atomic mass is 32.2. The number of aliphatic hydroxyl groups excluding tert-OH is 1. The van der Waals surface area contributed by atoms with Gasteiger partial charge in [-0.3, -0.25) is 0 Å². The Balaban J connectivity index is 2.05. The van der Waals surface area contributed by atoms with Crippen molar-refractivity contribution in [3.05, 3.63) is 63.8 Å². The predicted octanol–water partition coefficient (Wildman–Crippen LogP) is 5.21. The number of halogens is 4. The van der Waals surface area contributed by atoms with Crippen molar-refractivity contribution in [2.24, 2.45) is 0 Å². The average molecular weight is 442 g/mol. The molecule has 2 aromatic rings. The number of aliphatic hydroxyl groups is 1. The second-order valence-electron chi connectivity index (χ2n) is 5.82. The van der Waals surface area contributed by atoms with Gasteiger partial charge in [0.05, 0.1) is 18.4 Å². The van der Waals surface area contributed by atoms with Crippen molar-refractivity contribution >= 4 is 29.2 Å². The number of benzene rings is 2. The summed E-state index contributed by atoms with van der Waals surface area (Å²) in [4.78, 5) is 1.10. The average Bonchev–Trinajstić information content (AvgIpc) is 3.07. The molecule has 0 radical (unpaired) electrons. The molecule has 0 amide bonds. The highest BCUT2D eigenvalue weighted by Gasteiger charge is 2.34. The van der Waals surface area contributed by atoms with Gasteiger partial charge < -0.3 is 14.7 Å². The molecule has 0 bridgehead atoms. The Labute approximate surface area is 172 Å². The number of thioether (sulfide) groups is 2. The molecule has 0 aromatic heterocycles. The van der Waals surface area contributed by atoms with E-state index in [-0.39, 0.29) is 15.6 Å². The molecule has 1 saturated heterocycles. The van der Waals surface area contributed by atoms with Gasteiger partial charge in [0.2, 0.25) is 0 Å². The molecule has 1 aliphatic rings. The van der Waals surface area contributed by atoms with Crippen LogP contribution in [0.15, 0.2) is 57.3 Å². The van der Waals surface area contributed by atoms with E-state index in [1.54, 1.807) is 24.3 Å². The first-order valence-electron chi connectivity index (χ1n) is 8.18. The molecule has 1 aliphatic heterocycles. The van der Waals surface area contributed by atoms with Crippen molar-refractivity contribution < 1.29 is 27.4 Å². The van der Waals surface area contributed by atoms with E-state index < -0.39 is 23.8 Å². The SMILES string of the molecule is COc1ccccc1N1C(=C(C#N)Sc2cc(C(F)(F)F)ccc2F)SCC1O. The third-order valence-corrected chi connectivity index (χ3v) is 6.29. The quantitative estimate of drug-likeness (QED) is 0.399. The Hall–Kier alpha value is -2.35. The van der Waals surface area contributed by atoms with E-state index in [4.69, 9.17) is 4.74 Å². The Bertz CT molecular complexity index is 989. The van der Waals surface area contributed by atoms with Gasteiger partial charge in [-0.1, -0.05) is 23.9 Å². The monoisotopic (exact) mass is 442 g/mol. The highest BCUT2D eigenvalue weighted by Crippen LogP contribution is 2.45. The molecular weight excluding hydrogens is 428 g/mol. The Morgan fingerprint density at radius 3 is 2.69 bits per heavy atom. The molecule has 10 heteroatoms. The summed E-state index contributed by atoms with van der Waals surface area (Å²) in [5.41, 5.74) is -0.523. The summed E-state index contributed by atoms with van der Waals surface area (Å²) in [5, 5.41) is 20.4. The summed E-state index contributed by atoms with van der Waals surface area (Å²) in [6, 6.07) is 10.8. The van der Waals surface area contributed by atoms with Gasteiger partial charge in [0.15, 0.2) is 0 Å². The first-order valence-corrected chi connectivity index (χ1v) is 9.98. The zero-order valence-corrected chi connectivity index (χ0v) is 16.5. The van der Waals surface area contributed by atoms with Gasteiger partial charge in [-0.2, -0.15) is 18.4 Å². The summed E-state index contributed by atoms with van der Waals surface area (Å²) in [6.45, 7) is 0. The van der Waals surface area contributed by atoms with Crippen LogP contribution in [-0.4, -0.2) is 24.2 Å². The van der Waals surface area contributed by atoms with Gasteiger partial charge in [0.1, 0.15) is 33.8 Å². The minimum atomic E-state index is -4.63. The van der Waals surface area contributed by atoms with Gasteiger partial charge in [0, 0.05) is 10.6 Å². The number of nitrogens with zero attached hydrogens (tertiary/aromatic N) is 2. The second kappa shape index (κ2) is 8.57. The number of hydrogen-bond acceptors (Lipinski definition) is 6. The molecule has 152 valence electrons. The number of ether oxygens (including phenoxy) is 1. The van der Waals surface area contributed by atoms with Crippen molar-refractivity contribution in [3.63, 3.8) is 0 Å². The third kappa shape index (κ3) is 4.47. The zero-order chi connectivity index (χ0) is 21.2. The number of alkyl halides is 3. The first kappa shape index (κ1) is 21.4. The maximum atomic E-state index is 14.1. The predicted molar refractivity (Wildman–Crippen MR) is 104 cm³/mol. The van der Waals surface area contributed by atoms with Crippen molar-refractivity contribution in [2.75, 3.05) is 17.8 Å². The van der Waals surface area contributed by atoms with Gasteiger partial charge in [-0.05, 0) is 30.3 Å². The molecule has 3 rings (SSSR count). The molecule has 0 spiro atoms. The maximum Gasteiger partial charge on any atom is 0.416 e. The summed E-state index contributed by atoms with van der Waals surface area (Å²) in [6.07, 6.45) is -5.62. The van der Waals surface area contributed by atoms with Crippen LogP contribution in [0.4, 0.5) is 23.2 Å². The molecule has 4 nitrogen and oxygen atoms in total. The lowest BCUT2D eigenvalue weighted by molar-refractivity contribution is -0.137. The summed E-state index contributed by atoms with van der Waals surface area (Å²) in [7, 11) is 1.45. The van der Waals surface area contributed by atoms with Crippen LogP contribution in [0, 0.1) is 17.1 Å². The van der Waals surface area contributed by atoms with Crippen LogP contribution < -0.4 is 9.64 Å². The summed E-state index contributed by atoms with van der Waals surface area (Å²) >= 11 is 1.74. The molecule has 2 aromatic carbocycles. The third-order valence-electron chi connectivity index (χ3n) is 4.00. The van der Waals surface area contributed by atoms with Crippen LogP contribution in [0.1, 0.15) is 5.56 Å². The number of hydrogen-bond donors (Lipinski definition) is 1. The molecule has 1 fully saturated rings. The van der Waals surface area contributed by atoms with E-state index in [9.17, 15) is 27.9 Å². The minimum Gasteiger partial charge on any atom is -0.495 e. The van der Waals surface area contributed by atoms with E-state index in [2.05, 4.69) is 0 Å². The Kier molecular flexibility index (Phi) is 6.31. The number of nitriles is 1. The molecule has 1 heterocycles. The summed E-state index contributed by atoms with van der Waals surface area (Å²) < 4.78 is 58.4. The minimum absolute atomic E-state index is 0.0318. The molecule has 1 atom stereocenters. The maximum absolute atomic E-state index is 14.1. The molecule has 29 heavy (non-hydrogen) atoms. The lowest BCUT2D eigenvalue weighted by atomic mass is 10.2. The molecular formula is C19H14F4N2O2S2. The van der Waals surface area contributed by atoms with Crippen LogP contribution in [0.5, 0.6) is 5.75 Å². The fraction of sp³-hybridized carbons (Fsp3) is 0.211. The second-order valence-corrected chi connectivity index (χ2v) is 7.89. The van der Waals surface area contributed by atoms with Crippen molar-refractivity contribution in [3.8, 4) is 11.8 Å². The van der Waals surface area contributed by atoms with E-state index >= 15 is 0 Å². The fourth-order valence-corrected chi connectivity index (χ4v) is 4.79. The van der Waals surface area contributed by atoms with Gasteiger partial charge in [0.25, 0.3) is 0 Å². The van der Waals surface area contributed by atoms with Crippen LogP contribution in [0.3, 0.4) is 0 Å². The van der Waals surface area contributed by atoms with Crippen LogP contribution in [0.2, 0.25) is 0 Å². The lowest BCUT2D eigenvalue weighted by Gasteiger charge is -2.25. The number of anilines is 1. The molecule has 0 saturated carbocycles. The van der Waals surface area contributed by atoms with Crippen molar-refractivity contribution in [2.45, 2.75) is 17.3 Å². The van der Waals surface area contributed by atoms with Crippen molar-refractivity contribution in [1.29, 1.82) is 5.26 Å². The van der Waals surface area contributed by atoms with E-state index in [1.807, 2.05) is 6.07 Å². The zero-order valence-electron chi connectivity index (χ0n) is 14.9. The summed E-state index contributed by atoms with van der Waals surface area (Å²) in [5.74, 6) is -0.202. The standard InChI is InChI=1S/C19H14F4N2O2S2/c1-27-14-5-3-2-4-13(14)25-17(26)10-28-18(25)16(9-24)29-15-8-11(19(21,22)23)6-7-12(15)20/h2-8,17,26H,10H2,1H3. The van der Waals surface area contributed by atoms with E-state index in [1.165, 1.54) is 12.0 Å². The van der Waals surface area contributed by atoms with Crippen LogP contribution in [0.25, 0.3) is 0 Å². The normalized spacial score (nSPS) is 18.5. The van der Waals surface area contributed by atoms with E-state index in [0.29, 0.717) is 40.4 Å². The van der Waals surface area contributed by atoms with Crippen LogP contribution in [-0.2, 0) is 6.18 Å². The van der Waals surface area contributed by atoms with E-state index in [0.717, 1.165) is 17.8 Å². The largest absolute Gasteiger partial charge is 0.495 e. The number of allylic oxidation sites excluding steroid dienone is 1. The van der Waals surface area contributed by atoms with Gasteiger partial charge in [-0.15, -0.1) is 11.8 Å². The van der Waals surface area contributed by atoms with Crippen molar-refractivity contribution in [1.82, 2.24) is 0 Å². The Morgan fingerprint density at radius 2 is 2.03 bits per heavy atom. The first-order chi connectivity index (χ1) is 13.8. The van der Waals surface area contributed by atoms with Gasteiger partial charge >= 0.3 is 6.18 Å². The van der Waals surface area contributed by atoms with Gasteiger partial charge in [-0.25, -0.2) is 4.39 Å². The van der Waals surface area contributed by atoms with Crippen LogP contribution >= 0.6 is 23.5 Å². The topological polar surface area (TPSA) is 56.5 Å². The number of rotatable bonds is 4. The number of para-hydroxylation sites is 2. The molecule has 1 N–H and O–H groups in total. The molecule has 1 unspecified atom stereocenters. The number of methoxy groups -OCH3 is 1. The Morgan fingerprint density at radius 1 is 1.31 bits per heavy atom. The molecule has 0 aliphatic carbocycles. The lowest BCUT2D eigenvalue weighted by Crippen LogP contribution is -2.30. The fourth-order valence-electron chi connectivity index (χ4n) is 2.69. The highest BCUT2D eigenvalue weighted by molar-refractivity contribution is 8.07. The smallest absolute Gasteiger partial charge is 0.416 e.